The molecule has 1 aromatic carbocycles. The summed E-state index contributed by atoms with van der Waals surface area (Å²) < 4.78 is 0. The van der Waals surface area contributed by atoms with Crippen molar-refractivity contribution in [1.29, 1.82) is 0 Å². The van der Waals surface area contributed by atoms with Crippen molar-refractivity contribution in [1.82, 2.24) is 4.98 Å². The Bertz CT molecular complexity index is 552. The Balaban J connectivity index is 2.54. The number of carboxylic acid groups (broad SMARTS) is 1. The fraction of sp³-hybridized carbons (Fsp3) is 0.231. The molecule has 0 saturated carbocycles. The summed E-state index contributed by atoms with van der Waals surface area (Å²) in [6.45, 7) is 2.80. The first-order valence-corrected chi connectivity index (χ1v) is 5.55. The lowest BCUT2D eigenvalue weighted by Gasteiger charge is -2.09. The topological polar surface area (TPSA) is 62.2 Å². The molecule has 0 radical (unpaired) electrons. The first-order chi connectivity index (χ1) is 8.20. The van der Waals surface area contributed by atoms with Gasteiger partial charge in [0.2, 0.25) is 0 Å². The fourth-order valence-electron chi connectivity index (χ4n) is 1.81. The zero-order chi connectivity index (χ0) is 12.3. The van der Waals surface area contributed by atoms with Crippen LogP contribution < -0.4 is 5.32 Å². The van der Waals surface area contributed by atoms with Crippen LogP contribution in [0.4, 0.5) is 5.69 Å². The van der Waals surface area contributed by atoms with Gasteiger partial charge in [0.25, 0.3) is 0 Å². The molecule has 1 aromatic heterocycles. The second-order valence-electron chi connectivity index (χ2n) is 3.78. The number of fused-ring (bicyclic) bond motifs is 1. The van der Waals surface area contributed by atoms with Gasteiger partial charge in [0.05, 0.1) is 17.6 Å². The van der Waals surface area contributed by atoms with Crippen LogP contribution in [-0.4, -0.2) is 22.6 Å². The quantitative estimate of drug-likeness (QED) is 0.846. The van der Waals surface area contributed by atoms with Gasteiger partial charge in [0, 0.05) is 17.6 Å². The lowest BCUT2D eigenvalue weighted by Crippen LogP contribution is -2.05. The van der Waals surface area contributed by atoms with Gasteiger partial charge in [-0.25, -0.2) is 0 Å². The Labute approximate surface area is 99.3 Å². The van der Waals surface area contributed by atoms with Crippen LogP contribution in [0.25, 0.3) is 10.9 Å². The number of nitrogens with zero attached hydrogens (tertiary/aromatic N) is 1. The number of para-hydroxylation sites is 1. The molecular formula is C13H14N2O2. The molecule has 1 heterocycles. The van der Waals surface area contributed by atoms with Gasteiger partial charge in [-0.1, -0.05) is 18.2 Å². The first kappa shape index (κ1) is 11.4. The lowest BCUT2D eigenvalue weighted by molar-refractivity contribution is -0.136. The van der Waals surface area contributed by atoms with Gasteiger partial charge < -0.3 is 10.4 Å². The Morgan fingerprint density at radius 1 is 1.41 bits per heavy atom. The highest BCUT2D eigenvalue weighted by molar-refractivity contribution is 5.91. The van der Waals surface area contributed by atoms with Crippen molar-refractivity contribution in [3.63, 3.8) is 0 Å². The maximum atomic E-state index is 10.7. The molecule has 2 rings (SSSR count). The molecule has 2 aromatic rings. The summed E-state index contributed by atoms with van der Waals surface area (Å²) in [5.41, 5.74) is 2.34. The Hall–Kier alpha value is -2.10. The van der Waals surface area contributed by atoms with E-state index in [2.05, 4.69) is 10.3 Å². The molecule has 17 heavy (non-hydrogen) atoms. The predicted octanol–water partition coefficient (Wildman–Crippen LogP) is 2.29. The number of rotatable bonds is 4. The number of benzene rings is 1. The van der Waals surface area contributed by atoms with E-state index in [1.165, 1.54) is 0 Å². The monoisotopic (exact) mass is 230 g/mol. The normalized spacial score (nSPS) is 10.4. The summed E-state index contributed by atoms with van der Waals surface area (Å²) in [6, 6.07) is 9.52. The van der Waals surface area contributed by atoms with E-state index in [9.17, 15) is 4.79 Å². The van der Waals surface area contributed by atoms with Gasteiger partial charge in [-0.2, -0.15) is 0 Å². The van der Waals surface area contributed by atoms with Crippen LogP contribution in [0.15, 0.2) is 30.3 Å². The van der Waals surface area contributed by atoms with E-state index < -0.39 is 5.97 Å². The summed E-state index contributed by atoms with van der Waals surface area (Å²) in [4.78, 5) is 15.1. The molecular weight excluding hydrogens is 216 g/mol. The Morgan fingerprint density at radius 2 is 2.18 bits per heavy atom. The van der Waals surface area contributed by atoms with Crippen molar-refractivity contribution in [2.45, 2.75) is 13.3 Å². The predicted molar refractivity (Wildman–Crippen MR) is 67.2 cm³/mol. The molecule has 0 unspecified atom stereocenters. The molecule has 0 atom stereocenters. The standard InChI is InChI=1S/C13H14N2O2/c1-2-14-12-7-9(8-13(16)17)15-11-6-4-3-5-10(11)12/h3-7H,2,8H2,1H3,(H,14,15)(H,16,17). The number of carbonyl (C=O) groups is 1. The molecule has 0 spiro atoms. The summed E-state index contributed by atoms with van der Waals surface area (Å²) in [5.74, 6) is -0.866. The van der Waals surface area contributed by atoms with E-state index in [0.29, 0.717) is 5.69 Å². The average Bonchev–Trinajstić information content (AvgIpc) is 2.28. The largest absolute Gasteiger partial charge is 0.481 e. The lowest BCUT2D eigenvalue weighted by atomic mass is 10.1. The molecule has 0 aliphatic rings. The molecule has 0 amide bonds. The third kappa shape index (κ3) is 2.53. The van der Waals surface area contributed by atoms with Crippen LogP contribution in [-0.2, 0) is 11.2 Å². The smallest absolute Gasteiger partial charge is 0.309 e. The molecule has 2 N–H and O–H groups in total. The van der Waals surface area contributed by atoms with Crippen LogP contribution in [0, 0.1) is 0 Å². The summed E-state index contributed by atoms with van der Waals surface area (Å²) in [6.07, 6.45) is -0.0524. The molecule has 0 aliphatic heterocycles. The first-order valence-electron chi connectivity index (χ1n) is 5.55. The summed E-state index contributed by atoms with van der Waals surface area (Å²) in [7, 11) is 0. The maximum absolute atomic E-state index is 10.7. The van der Waals surface area contributed by atoms with Crippen LogP contribution >= 0.6 is 0 Å². The molecule has 0 fully saturated rings. The number of anilines is 1. The minimum Gasteiger partial charge on any atom is -0.481 e. The van der Waals surface area contributed by atoms with Gasteiger partial charge in [0.15, 0.2) is 0 Å². The van der Waals surface area contributed by atoms with Crippen LogP contribution in [0.1, 0.15) is 12.6 Å². The van der Waals surface area contributed by atoms with Crippen molar-refractivity contribution >= 4 is 22.6 Å². The van der Waals surface area contributed by atoms with Crippen LogP contribution in [0.2, 0.25) is 0 Å². The van der Waals surface area contributed by atoms with Crippen LogP contribution in [0.5, 0.6) is 0 Å². The van der Waals surface area contributed by atoms with Gasteiger partial charge in [-0.3, -0.25) is 9.78 Å². The Kier molecular flexibility index (Phi) is 3.23. The number of hydrogen-bond acceptors (Lipinski definition) is 3. The van der Waals surface area contributed by atoms with Crippen molar-refractivity contribution in [2.24, 2.45) is 0 Å². The van der Waals surface area contributed by atoms with E-state index in [4.69, 9.17) is 5.11 Å². The van der Waals surface area contributed by atoms with E-state index in [1.807, 2.05) is 31.2 Å². The second kappa shape index (κ2) is 4.82. The number of carboxylic acids is 1. The van der Waals surface area contributed by atoms with Crippen molar-refractivity contribution in [2.75, 3.05) is 11.9 Å². The van der Waals surface area contributed by atoms with Gasteiger partial charge in [-0.15, -0.1) is 0 Å². The zero-order valence-electron chi connectivity index (χ0n) is 9.60. The highest BCUT2D eigenvalue weighted by atomic mass is 16.4. The minimum absolute atomic E-state index is 0.0524. The Morgan fingerprint density at radius 3 is 2.88 bits per heavy atom. The SMILES string of the molecule is CCNc1cc(CC(=O)O)nc2ccccc12. The molecule has 4 nitrogen and oxygen atoms in total. The summed E-state index contributed by atoms with van der Waals surface area (Å²) in [5, 5.41) is 13.0. The fourth-order valence-corrected chi connectivity index (χ4v) is 1.81. The highest BCUT2D eigenvalue weighted by Crippen LogP contribution is 2.23. The number of aliphatic carboxylic acids is 1. The third-order valence-electron chi connectivity index (χ3n) is 2.47. The van der Waals surface area contributed by atoms with E-state index >= 15 is 0 Å². The van der Waals surface area contributed by atoms with E-state index in [0.717, 1.165) is 23.1 Å². The van der Waals surface area contributed by atoms with Gasteiger partial charge >= 0.3 is 5.97 Å². The highest BCUT2D eigenvalue weighted by Gasteiger charge is 2.07. The number of hydrogen-bond donors (Lipinski definition) is 2. The van der Waals surface area contributed by atoms with Crippen molar-refractivity contribution in [3.05, 3.63) is 36.0 Å². The minimum atomic E-state index is -0.866. The van der Waals surface area contributed by atoms with Gasteiger partial charge in [0.1, 0.15) is 0 Å². The van der Waals surface area contributed by atoms with E-state index in [-0.39, 0.29) is 6.42 Å². The van der Waals surface area contributed by atoms with E-state index in [1.54, 1.807) is 6.07 Å². The van der Waals surface area contributed by atoms with Gasteiger partial charge in [-0.05, 0) is 19.1 Å². The molecule has 88 valence electrons. The van der Waals surface area contributed by atoms with Crippen molar-refractivity contribution < 1.29 is 9.90 Å². The summed E-state index contributed by atoms with van der Waals surface area (Å²) >= 11 is 0. The second-order valence-corrected chi connectivity index (χ2v) is 3.78. The molecule has 0 saturated heterocycles. The zero-order valence-corrected chi connectivity index (χ0v) is 9.60. The number of nitrogens with one attached hydrogen (secondary N) is 1. The molecule has 0 bridgehead atoms. The third-order valence-corrected chi connectivity index (χ3v) is 2.47. The molecule has 0 aliphatic carbocycles. The average molecular weight is 230 g/mol. The van der Waals surface area contributed by atoms with Crippen LogP contribution in [0.3, 0.4) is 0 Å². The van der Waals surface area contributed by atoms with Crippen molar-refractivity contribution in [3.8, 4) is 0 Å². The number of pyridine rings is 1. The maximum Gasteiger partial charge on any atom is 0.309 e. The molecule has 4 heteroatoms. The number of aromatic nitrogens is 1.